The van der Waals surface area contributed by atoms with Crippen molar-refractivity contribution < 1.29 is 4.74 Å². The van der Waals surface area contributed by atoms with Crippen LogP contribution in [0.4, 0.5) is 5.69 Å². The normalized spacial score (nSPS) is 9.90. The van der Waals surface area contributed by atoms with Crippen molar-refractivity contribution in [1.29, 1.82) is 5.26 Å². The molecule has 0 fully saturated rings. The molecule has 1 N–H and O–H groups in total. The Morgan fingerprint density at radius 3 is 2.60 bits per heavy atom. The van der Waals surface area contributed by atoms with Gasteiger partial charge >= 0.3 is 0 Å². The topological polar surface area (TPSA) is 45.0 Å². The molecule has 0 aromatic heterocycles. The first-order chi connectivity index (χ1) is 9.63. The molecule has 0 radical (unpaired) electrons. The Kier molecular flexibility index (Phi) is 4.73. The van der Waals surface area contributed by atoms with E-state index in [1.807, 2.05) is 18.2 Å². The van der Waals surface area contributed by atoms with Crippen LogP contribution in [0.25, 0.3) is 0 Å². The monoisotopic (exact) mass is 306 g/mol. The van der Waals surface area contributed by atoms with Crippen LogP contribution in [0.5, 0.6) is 5.75 Å². The fourth-order valence-electron chi connectivity index (χ4n) is 1.75. The molecular formula is C15H12Cl2N2O. The first kappa shape index (κ1) is 14.5. The van der Waals surface area contributed by atoms with E-state index in [1.165, 1.54) is 0 Å². The maximum absolute atomic E-state index is 8.93. The molecule has 20 heavy (non-hydrogen) atoms. The lowest BCUT2D eigenvalue weighted by Crippen LogP contribution is -2.00. The van der Waals surface area contributed by atoms with E-state index in [9.17, 15) is 0 Å². The molecule has 0 amide bonds. The highest BCUT2D eigenvalue weighted by Gasteiger charge is 2.04. The van der Waals surface area contributed by atoms with Gasteiger partial charge in [0.05, 0.1) is 22.7 Å². The Morgan fingerprint density at radius 1 is 1.15 bits per heavy atom. The van der Waals surface area contributed by atoms with Crippen molar-refractivity contribution >= 4 is 28.9 Å². The van der Waals surface area contributed by atoms with E-state index in [1.54, 1.807) is 25.3 Å². The minimum Gasteiger partial charge on any atom is -0.495 e. The third kappa shape index (κ3) is 3.36. The molecule has 2 rings (SSSR count). The van der Waals surface area contributed by atoms with Crippen molar-refractivity contribution in [2.45, 2.75) is 6.54 Å². The maximum Gasteiger partial charge on any atom is 0.136 e. The Bertz CT molecular complexity index is 665. The summed E-state index contributed by atoms with van der Waals surface area (Å²) in [5.74, 6) is 0.570. The molecule has 0 aliphatic heterocycles. The van der Waals surface area contributed by atoms with Crippen molar-refractivity contribution in [3.63, 3.8) is 0 Å². The molecule has 0 bridgehead atoms. The van der Waals surface area contributed by atoms with Gasteiger partial charge in [0.25, 0.3) is 0 Å². The predicted molar refractivity (Wildman–Crippen MR) is 81.5 cm³/mol. The minimum absolute atomic E-state index is 0.508. The van der Waals surface area contributed by atoms with Gasteiger partial charge in [0, 0.05) is 12.2 Å². The summed E-state index contributed by atoms with van der Waals surface area (Å²) >= 11 is 11.8. The van der Waals surface area contributed by atoms with Gasteiger partial charge in [0.15, 0.2) is 0 Å². The third-order valence-electron chi connectivity index (χ3n) is 2.80. The van der Waals surface area contributed by atoms with Gasteiger partial charge in [0.1, 0.15) is 11.8 Å². The molecule has 102 valence electrons. The molecule has 0 saturated heterocycles. The molecule has 5 heteroatoms. The number of hydrogen-bond donors (Lipinski definition) is 1. The van der Waals surface area contributed by atoms with Crippen LogP contribution in [0.1, 0.15) is 11.1 Å². The highest BCUT2D eigenvalue weighted by molar-refractivity contribution is 6.42. The number of anilines is 1. The molecule has 0 saturated carbocycles. The van der Waals surface area contributed by atoms with Crippen molar-refractivity contribution in [3.8, 4) is 11.8 Å². The van der Waals surface area contributed by atoms with Gasteiger partial charge in [-0.1, -0.05) is 29.3 Å². The number of halogens is 2. The second-order valence-electron chi connectivity index (χ2n) is 4.13. The van der Waals surface area contributed by atoms with Crippen LogP contribution in [0.3, 0.4) is 0 Å². The largest absolute Gasteiger partial charge is 0.495 e. The molecule has 0 heterocycles. The van der Waals surface area contributed by atoms with Crippen LogP contribution < -0.4 is 10.1 Å². The fourth-order valence-corrected chi connectivity index (χ4v) is 2.05. The van der Waals surface area contributed by atoms with Crippen LogP contribution in [0.15, 0.2) is 36.4 Å². The van der Waals surface area contributed by atoms with Gasteiger partial charge in [0.2, 0.25) is 0 Å². The van der Waals surface area contributed by atoms with Crippen LogP contribution in [-0.2, 0) is 6.54 Å². The van der Waals surface area contributed by atoms with Gasteiger partial charge in [-0.25, -0.2) is 0 Å². The van der Waals surface area contributed by atoms with Gasteiger partial charge in [-0.15, -0.1) is 0 Å². The van der Waals surface area contributed by atoms with Gasteiger partial charge in [-0.05, 0) is 35.9 Å². The zero-order chi connectivity index (χ0) is 14.5. The number of rotatable bonds is 4. The highest BCUT2D eigenvalue weighted by Crippen LogP contribution is 2.26. The summed E-state index contributed by atoms with van der Waals surface area (Å²) in [4.78, 5) is 0. The van der Waals surface area contributed by atoms with E-state index in [2.05, 4.69) is 11.4 Å². The molecule has 0 atom stereocenters. The molecular weight excluding hydrogens is 295 g/mol. The summed E-state index contributed by atoms with van der Waals surface area (Å²) in [6.07, 6.45) is 0. The van der Waals surface area contributed by atoms with E-state index in [0.29, 0.717) is 27.9 Å². The van der Waals surface area contributed by atoms with Crippen LogP contribution >= 0.6 is 23.2 Å². The van der Waals surface area contributed by atoms with Gasteiger partial charge in [-0.2, -0.15) is 5.26 Å². The number of benzene rings is 2. The van der Waals surface area contributed by atoms with Crippen LogP contribution in [0, 0.1) is 11.3 Å². The van der Waals surface area contributed by atoms with Crippen LogP contribution in [-0.4, -0.2) is 7.11 Å². The lowest BCUT2D eigenvalue weighted by Gasteiger charge is -2.09. The quantitative estimate of drug-likeness (QED) is 0.905. The number of hydrogen-bond acceptors (Lipinski definition) is 3. The summed E-state index contributed by atoms with van der Waals surface area (Å²) in [6, 6.07) is 12.9. The smallest absolute Gasteiger partial charge is 0.136 e. The molecule has 0 spiro atoms. The second kappa shape index (κ2) is 6.51. The summed E-state index contributed by atoms with van der Waals surface area (Å²) < 4.78 is 5.17. The van der Waals surface area contributed by atoms with Gasteiger partial charge < -0.3 is 10.1 Å². The number of nitrogens with zero attached hydrogens (tertiary/aromatic N) is 1. The van der Waals surface area contributed by atoms with E-state index >= 15 is 0 Å². The zero-order valence-corrected chi connectivity index (χ0v) is 12.3. The number of ether oxygens (including phenoxy) is 1. The summed E-state index contributed by atoms with van der Waals surface area (Å²) in [5, 5.41) is 13.2. The average molecular weight is 307 g/mol. The number of nitrogens with one attached hydrogen (secondary N) is 1. The van der Waals surface area contributed by atoms with E-state index in [0.717, 1.165) is 11.3 Å². The molecule has 2 aromatic rings. The molecule has 3 nitrogen and oxygen atoms in total. The Balaban J connectivity index is 2.11. The van der Waals surface area contributed by atoms with E-state index < -0.39 is 0 Å². The lowest BCUT2D eigenvalue weighted by molar-refractivity contribution is 0.413. The van der Waals surface area contributed by atoms with Gasteiger partial charge in [-0.3, -0.25) is 0 Å². The third-order valence-corrected chi connectivity index (χ3v) is 3.54. The predicted octanol–water partition coefficient (Wildman–Crippen LogP) is 4.49. The molecule has 0 unspecified atom stereocenters. The Morgan fingerprint density at radius 2 is 1.95 bits per heavy atom. The Hall–Kier alpha value is -1.89. The number of nitriles is 1. The van der Waals surface area contributed by atoms with Crippen molar-refractivity contribution in [2.24, 2.45) is 0 Å². The second-order valence-corrected chi connectivity index (χ2v) is 4.94. The molecule has 2 aromatic carbocycles. The maximum atomic E-state index is 8.93. The SMILES string of the molecule is COc1cc(CNc2ccc(Cl)c(Cl)c2)ccc1C#N. The van der Waals surface area contributed by atoms with E-state index in [4.69, 9.17) is 33.2 Å². The standard InChI is InChI=1S/C15H12Cl2N2O/c1-20-15-6-10(2-3-11(15)8-18)9-19-12-4-5-13(16)14(17)7-12/h2-7,19H,9H2,1H3. The minimum atomic E-state index is 0.508. The molecule has 0 aliphatic carbocycles. The fraction of sp³-hybridized carbons (Fsp3) is 0.133. The van der Waals surface area contributed by atoms with E-state index in [-0.39, 0.29) is 0 Å². The Labute approximate surface area is 127 Å². The average Bonchev–Trinajstić information content (AvgIpc) is 2.48. The summed E-state index contributed by atoms with van der Waals surface area (Å²) in [5.41, 5.74) is 2.40. The zero-order valence-electron chi connectivity index (χ0n) is 10.8. The van der Waals surface area contributed by atoms with Crippen molar-refractivity contribution in [1.82, 2.24) is 0 Å². The first-order valence-electron chi connectivity index (χ1n) is 5.90. The summed E-state index contributed by atoms with van der Waals surface area (Å²) in [6.45, 7) is 0.597. The first-order valence-corrected chi connectivity index (χ1v) is 6.65. The highest BCUT2D eigenvalue weighted by atomic mass is 35.5. The van der Waals surface area contributed by atoms with Crippen molar-refractivity contribution in [3.05, 3.63) is 57.6 Å². The van der Waals surface area contributed by atoms with Crippen LogP contribution in [0.2, 0.25) is 10.0 Å². The summed E-state index contributed by atoms with van der Waals surface area (Å²) in [7, 11) is 1.55. The van der Waals surface area contributed by atoms with Crippen molar-refractivity contribution in [2.75, 3.05) is 12.4 Å². The number of methoxy groups -OCH3 is 1. The molecule has 0 aliphatic rings. The lowest BCUT2D eigenvalue weighted by atomic mass is 10.1.